The minimum Gasteiger partial charge on any atom is -0.399 e. The average molecular weight is 288 g/mol. The van der Waals surface area contributed by atoms with Gasteiger partial charge in [0.2, 0.25) is 0 Å². The lowest BCUT2D eigenvalue weighted by Gasteiger charge is -2.35. The van der Waals surface area contributed by atoms with Gasteiger partial charge < -0.3 is 10.6 Å². The van der Waals surface area contributed by atoms with Gasteiger partial charge in [0.1, 0.15) is 0 Å². The van der Waals surface area contributed by atoms with Crippen molar-refractivity contribution >= 4 is 33.0 Å². The Kier molecular flexibility index (Phi) is 3.42. The molecule has 0 saturated carbocycles. The normalized spacial score (nSPS) is 23.2. The van der Waals surface area contributed by atoms with Crippen molar-refractivity contribution < 1.29 is 4.79 Å². The number of piperidine rings is 1. The van der Waals surface area contributed by atoms with Crippen molar-refractivity contribution in [1.29, 1.82) is 0 Å². The van der Waals surface area contributed by atoms with Gasteiger partial charge in [-0.1, -0.05) is 13.8 Å². The molecule has 4 heteroatoms. The van der Waals surface area contributed by atoms with E-state index in [-0.39, 0.29) is 5.91 Å². The maximum Gasteiger partial charge on any atom is 0.263 e. The van der Waals surface area contributed by atoms with Crippen LogP contribution in [0, 0.1) is 11.8 Å². The summed E-state index contributed by atoms with van der Waals surface area (Å²) >= 11 is 1.56. The van der Waals surface area contributed by atoms with Crippen molar-refractivity contribution in [2.75, 3.05) is 18.8 Å². The van der Waals surface area contributed by atoms with Crippen LogP contribution in [-0.2, 0) is 0 Å². The zero-order valence-electron chi connectivity index (χ0n) is 11.9. The molecule has 1 aliphatic heterocycles. The zero-order chi connectivity index (χ0) is 14.3. The molecule has 0 spiro atoms. The summed E-state index contributed by atoms with van der Waals surface area (Å²) in [5.74, 6) is 1.46. The summed E-state index contributed by atoms with van der Waals surface area (Å²) in [6, 6.07) is 7.79. The summed E-state index contributed by atoms with van der Waals surface area (Å²) in [6.07, 6.45) is 1.10. The van der Waals surface area contributed by atoms with E-state index in [1.165, 1.54) is 0 Å². The van der Waals surface area contributed by atoms with Crippen LogP contribution in [0.5, 0.6) is 0 Å². The third-order valence-electron chi connectivity index (χ3n) is 4.37. The van der Waals surface area contributed by atoms with Gasteiger partial charge in [-0.05, 0) is 47.9 Å². The number of carbonyl (C=O) groups is 1. The number of fused-ring (bicyclic) bond motifs is 1. The van der Waals surface area contributed by atoms with Gasteiger partial charge in [0.15, 0.2) is 0 Å². The van der Waals surface area contributed by atoms with E-state index in [4.69, 9.17) is 5.73 Å². The van der Waals surface area contributed by atoms with Gasteiger partial charge in [-0.25, -0.2) is 0 Å². The molecule has 1 saturated heterocycles. The average Bonchev–Trinajstić information content (AvgIpc) is 2.84. The predicted molar refractivity (Wildman–Crippen MR) is 85.1 cm³/mol. The van der Waals surface area contributed by atoms with Crippen LogP contribution >= 0.6 is 11.3 Å². The Morgan fingerprint density at radius 2 is 2.10 bits per heavy atom. The number of hydrogen-bond donors (Lipinski definition) is 1. The fourth-order valence-corrected chi connectivity index (χ4v) is 3.78. The predicted octanol–water partition coefficient (Wildman–Crippen LogP) is 3.60. The quantitative estimate of drug-likeness (QED) is 0.815. The summed E-state index contributed by atoms with van der Waals surface area (Å²) in [5, 5.41) is 1.07. The highest BCUT2D eigenvalue weighted by Crippen LogP contribution is 2.30. The van der Waals surface area contributed by atoms with Gasteiger partial charge in [-0.15, -0.1) is 11.3 Å². The fourth-order valence-electron chi connectivity index (χ4n) is 2.77. The van der Waals surface area contributed by atoms with E-state index in [0.29, 0.717) is 11.8 Å². The Labute approximate surface area is 123 Å². The topological polar surface area (TPSA) is 46.3 Å². The summed E-state index contributed by atoms with van der Waals surface area (Å²) < 4.78 is 1.13. The van der Waals surface area contributed by atoms with E-state index in [1.807, 2.05) is 29.2 Å². The minimum absolute atomic E-state index is 0.170. The fraction of sp³-hybridized carbons (Fsp3) is 0.438. The molecule has 0 radical (unpaired) electrons. The molecule has 1 aromatic heterocycles. The van der Waals surface area contributed by atoms with E-state index in [2.05, 4.69) is 13.8 Å². The molecule has 3 rings (SSSR count). The van der Waals surface area contributed by atoms with Gasteiger partial charge in [0, 0.05) is 23.5 Å². The molecule has 106 valence electrons. The van der Waals surface area contributed by atoms with Crippen LogP contribution in [-0.4, -0.2) is 23.9 Å². The first kappa shape index (κ1) is 13.4. The Balaban J connectivity index is 1.85. The first-order chi connectivity index (χ1) is 9.54. The molecule has 2 aromatic rings. The first-order valence-electron chi connectivity index (χ1n) is 7.13. The number of hydrogen-bond acceptors (Lipinski definition) is 3. The van der Waals surface area contributed by atoms with Gasteiger partial charge >= 0.3 is 0 Å². The Morgan fingerprint density at radius 3 is 2.85 bits per heavy atom. The lowest BCUT2D eigenvalue weighted by Crippen LogP contribution is -2.41. The smallest absolute Gasteiger partial charge is 0.263 e. The molecule has 1 aromatic carbocycles. The Morgan fingerprint density at radius 1 is 1.30 bits per heavy atom. The number of benzene rings is 1. The van der Waals surface area contributed by atoms with E-state index < -0.39 is 0 Å². The number of nitrogens with zero attached hydrogens (tertiary/aromatic N) is 1. The lowest BCUT2D eigenvalue weighted by atomic mass is 9.88. The maximum atomic E-state index is 12.6. The van der Waals surface area contributed by atoms with Crippen molar-refractivity contribution in [2.24, 2.45) is 11.8 Å². The molecule has 1 fully saturated rings. The molecular formula is C16H20N2OS. The lowest BCUT2D eigenvalue weighted by molar-refractivity contribution is 0.0632. The maximum absolute atomic E-state index is 12.6. The minimum atomic E-state index is 0.170. The number of carbonyl (C=O) groups excluding carboxylic acids is 1. The molecule has 0 bridgehead atoms. The number of likely N-dealkylation sites (tertiary alicyclic amines) is 1. The van der Waals surface area contributed by atoms with E-state index in [1.54, 1.807) is 11.3 Å². The van der Waals surface area contributed by atoms with E-state index in [0.717, 1.165) is 40.2 Å². The monoisotopic (exact) mass is 288 g/mol. The van der Waals surface area contributed by atoms with E-state index in [9.17, 15) is 4.79 Å². The number of anilines is 1. The number of nitrogens with two attached hydrogens (primary N) is 1. The first-order valence-corrected chi connectivity index (χ1v) is 7.94. The molecule has 2 unspecified atom stereocenters. The standard InChI is InChI=1S/C16H20N2OS/c1-10-5-6-18(9-11(10)2)16(19)15-8-12-7-13(17)3-4-14(12)20-15/h3-4,7-8,10-11H,5-6,9,17H2,1-2H3. The molecule has 20 heavy (non-hydrogen) atoms. The number of nitrogen functional groups attached to an aromatic ring is 1. The van der Waals surface area contributed by atoms with Crippen LogP contribution in [0.25, 0.3) is 10.1 Å². The van der Waals surface area contributed by atoms with Gasteiger partial charge in [0.05, 0.1) is 4.88 Å². The second-order valence-electron chi connectivity index (χ2n) is 5.90. The molecule has 2 heterocycles. The SMILES string of the molecule is CC1CCN(C(=O)c2cc3cc(N)ccc3s2)CC1C. The molecule has 1 amide bonds. The van der Waals surface area contributed by atoms with Crippen molar-refractivity contribution in [1.82, 2.24) is 4.90 Å². The summed E-state index contributed by atoms with van der Waals surface area (Å²) in [4.78, 5) is 15.4. The second-order valence-corrected chi connectivity index (χ2v) is 6.99. The van der Waals surface area contributed by atoms with Crippen LogP contribution < -0.4 is 5.73 Å². The van der Waals surface area contributed by atoms with Gasteiger partial charge in [-0.2, -0.15) is 0 Å². The van der Waals surface area contributed by atoms with Crippen molar-refractivity contribution in [2.45, 2.75) is 20.3 Å². The third-order valence-corrected chi connectivity index (χ3v) is 5.48. The Hall–Kier alpha value is -1.55. The van der Waals surface area contributed by atoms with Crippen LogP contribution in [0.1, 0.15) is 29.9 Å². The highest BCUT2D eigenvalue weighted by atomic mass is 32.1. The van der Waals surface area contributed by atoms with E-state index >= 15 is 0 Å². The molecule has 2 N–H and O–H groups in total. The molecule has 0 aliphatic carbocycles. The Bertz CT molecular complexity index is 649. The van der Waals surface area contributed by atoms with Crippen molar-refractivity contribution in [3.8, 4) is 0 Å². The number of rotatable bonds is 1. The summed E-state index contributed by atoms with van der Waals surface area (Å²) in [7, 11) is 0. The van der Waals surface area contributed by atoms with Crippen LogP contribution in [0.15, 0.2) is 24.3 Å². The van der Waals surface area contributed by atoms with Gasteiger partial charge in [0.25, 0.3) is 5.91 Å². The number of amides is 1. The second kappa shape index (κ2) is 5.09. The number of thiophene rings is 1. The third kappa shape index (κ3) is 2.40. The van der Waals surface area contributed by atoms with Crippen LogP contribution in [0.2, 0.25) is 0 Å². The molecule has 2 atom stereocenters. The van der Waals surface area contributed by atoms with Crippen LogP contribution in [0.4, 0.5) is 5.69 Å². The highest BCUT2D eigenvalue weighted by Gasteiger charge is 2.27. The highest BCUT2D eigenvalue weighted by molar-refractivity contribution is 7.20. The zero-order valence-corrected chi connectivity index (χ0v) is 12.7. The molecular weight excluding hydrogens is 268 g/mol. The summed E-state index contributed by atoms with van der Waals surface area (Å²) in [6.45, 7) is 6.25. The summed E-state index contributed by atoms with van der Waals surface area (Å²) in [5.41, 5.74) is 6.54. The largest absolute Gasteiger partial charge is 0.399 e. The van der Waals surface area contributed by atoms with Crippen molar-refractivity contribution in [3.63, 3.8) is 0 Å². The van der Waals surface area contributed by atoms with Crippen LogP contribution in [0.3, 0.4) is 0 Å². The molecule has 1 aliphatic rings. The van der Waals surface area contributed by atoms with Gasteiger partial charge in [-0.3, -0.25) is 4.79 Å². The molecule has 3 nitrogen and oxygen atoms in total. The van der Waals surface area contributed by atoms with Crippen molar-refractivity contribution in [3.05, 3.63) is 29.1 Å².